The molecule has 0 amide bonds. The van der Waals surface area contributed by atoms with Crippen LogP contribution in [-0.2, 0) is 0 Å². The smallest absolute Gasteiger partial charge is 0.224 e. The van der Waals surface area contributed by atoms with E-state index >= 15 is 0 Å². The van der Waals surface area contributed by atoms with E-state index in [1.807, 2.05) is 19.1 Å². The largest absolute Gasteiger partial charge is 0.264 e. The van der Waals surface area contributed by atoms with Gasteiger partial charge in [0.15, 0.2) is 0 Å². The van der Waals surface area contributed by atoms with E-state index in [1.165, 1.54) is 0 Å². The van der Waals surface area contributed by atoms with Crippen molar-refractivity contribution in [3.05, 3.63) is 22.3 Å². The molecule has 76 valence electrons. The van der Waals surface area contributed by atoms with Crippen LogP contribution in [0, 0.1) is 10.1 Å². The summed E-state index contributed by atoms with van der Waals surface area (Å²) in [6, 6.07) is -0.552. The number of nitrogens with zero attached hydrogens (tertiary/aromatic N) is 1. The second-order valence-corrected chi connectivity index (χ2v) is 5.25. The van der Waals surface area contributed by atoms with E-state index in [0.29, 0.717) is 0 Å². The van der Waals surface area contributed by atoms with Crippen molar-refractivity contribution in [1.82, 2.24) is 0 Å². The van der Waals surface area contributed by atoms with Crippen molar-refractivity contribution in [3.63, 3.8) is 0 Å². The summed E-state index contributed by atoms with van der Waals surface area (Å²) in [7, 11) is 0. The summed E-state index contributed by atoms with van der Waals surface area (Å²) in [5, 5.41) is 10.5. The third kappa shape index (κ3) is 4.95. The molecule has 0 rings (SSSR count). The highest BCUT2D eigenvalue weighted by atomic mass is 127. The molecule has 0 heterocycles. The van der Waals surface area contributed by atoms with Crippen LogP contribution in [0.15, 0.2) is 12.2 Å². The zero-order valence-corrected chi connectivity index (χ0v) is 11.4. The third-order valence-corrected chi connectivity index (χ3v) is 5.17. The Morgan fingerprint density at radius 1 is 1.69 bits per heavy atom. The number of alkyl halides is 2. The Balaban J connectivity index is 4.16. The van der Waals surface area contributed by atoms with Crippen LogP contribution in [0.5, 0.6) is 0 Å². The molecule has 0 aliphatic carbocycles. The van der Waals surface area contributed by atoms with E-state index in [4.69, 9.17) is 0 Å². The van der Waals surface area contributed by atoms with Gasteiger partial charge in [-0.3, -0.25) is 10.1 Å². The number of halogens is 2. The molecule has 0 saturated heterocycles. The van der Waals surface area contributed by atoms with Gasteiger partial charge in [0, 0.05) is 15.8 Å². The number of allylic oxidation sites excluding steroid dienone is 2. The minimum atomic E-state index is -0.552. The first-order chi connectivity index (χ1) is 6.00. The minimum absolute atomic E-state index is 0.106. The van der Waals surface area contributed by atoms with Crippen molar-refractivity contribution in [2.45, 2.75) is 35.1 Å². The van der Waals surface area contributed by atoms with Gasteiger partial charge in [-0.05, 0) is 6.42 Å². The first kappa shape index (κ1) is 13.4. The Labute approximate surface area is 100 Å². The van der Waals surface area contributed by atoms with Crippen LogP contribution in [0.2, 0.25) is 0 Å². The molecule has 0 aromatic heterocycles. The molecule has 0 aliphatic heterocycles. The van der Waals surface area contributed by atoms with Gasteiger partial charge in [0.1, 0.15) is 0 Å². The molecule has 3 unspecified atom stereocenters. The Bertz CT molecular complexity index is 199. The van der Waals surface area contributed by atoms with Gasteiger partial charge < -0.3 is 0 Å². The average Bonchev–Trinajstić information content (AvgIpc) is 2.11. The zero-order valence-electron chi connectivity index (χ0n) is 7.61. The third-order valence-electron chi connectivity index (χ3n) is 1.65. The fourth-order valence-electron chi connectivity index (χ4n) is 0.755. The molecule has 3 nitrogen and oxygen atoms in total. The standard InChI is InChI=1S/C8H13BrINO2/c1-3-4-5-7(10)8(9)6(2)11(12)13/h4-8H,3H2,1-2H3. The van der Waals surface area contributed by atoms with Crippen molar-refractivity contribution in [1.29, 1.82) is 0 Å². The van der Waals surface area contributed by atoms with Crippen LogP contribution >= 0.6 is 38.5 Å². The van der Waals surface area contributed by atoms with E-state index in [0.717, 1.165) is 6.42 Å². The quantitative estimate of drug-likeness (QED) is 0.248. The van der Waals surface area contributed by atoms with Crippen molar-refractivity contribution in [2.75, 3.05) is 0 Å². The van der Waals surface area contributed by atoms with Crippen LogP contribution in [0.1, 0.15) is 20.3 Å². The number of hydrogen-bond donors (Lipinski definition) is 0. The fourth-order valence-corrected chi connectivity index (χ4v) is 2.02. The predicted molar refractivity (Wildman–Crippen MR) is 66.4 cm³/mol. The minimum Gasteiger partial charge on any atom is -0.264 e. The molecular formula is C8H13BrINO2. The maximum atomic E-state index is 10.5. The molecule has 0 bridgehead atoms. The SMILES string of the molecule is CCC=CC(I)C(Br)C(C)[N+](=O)[O-]. The zero-order chi connectivity index (χ0) is 10.4. The van der Waals surface area contributed by atoms with Crippen LogP contribution in [0.25, 0.3) is 0 Å². The summed E-state index contributed by atoms with van der Waals surface area (Å²) in [6.07, 6.45) is 4.99. The summed E-state index contributed by atoms with van der Waals surface area (Å²) in [5.41, 5.74) is 0. The summed E-state index contributed by atoms with van der Waals surface area (Å²) in [6.45, 7) is 3.66. The lowest BCUT2D eigenvalue weighted by molar-refractivity contribution is -0.516. The maximum absolute atomic E-state index is 10.5. The summed E-state index contributed by atoms with van der Waals surface area (Å²) < 4.78 is 0.165. The van der Waals surface area contributed by atoms with Gasteiger partial charge in [0.2, 0.25) is 6.04 Å². The molecule has 0 aromatic carbocycles. The van der Waals surface area contributed by atoms with Gasteiger partial charge in [-0.1, -0.05) is 57.6 Å². The van der Waals surface area contributed by atoms with E-state index in [2.05, 4.69) is 38.5 Å². The van der Waals surface area contributed by atoms with E-state index in [1.54, 1.807) is 6.92 Å². The molecule has 0 aliphatic rings. The molecule has 0 N–H and O–H groups in total. The van der Waals surface area contributed by atoms with E-state index in [-0.39, 0.29) is 13.7 Å². The molecule has 5 heteroatoms. The van der Waals surface area contributed by atoms with Crippen molar-refractivity contribution in [3.8, 4) is 0 Å². The Morgan fingerprint density at radius 2 is 2.23 bits per heavy atom. The Morgan fingerprint density at radius 3 is 2.62 bits per heavy atom. The van der Waals surface area contributed by atoms with Gasteiger partial charge in [-0.15, -0.1) is 0 Å². The van der Waals surface area contributed by atoms with Crippen LogP contribution in [0.3, 0.4) is 0 Å². The molecule has 0 fully saturated rings. The lowest BCUT2D eigenvalue weighted by Gasteiger charge is -2.14. The molecule has 0 aromatic rings. The predicted octanol–water partition coefficient (Wildman–Crippen LogP) is 3.18. The van der Waals surface area contributed by atoms with Gasteiger partial charge in [0.25, 0.3) is 0 Å². The van der Waals surface area contributed by atoms with Crippen molar-refractivity contribution in [2.24, 2.45) is 0 Å². The normalized spacial score (nSPS) is 18.5. The van der Waals surface area contributed by atoms with Gasteiger partial charge in [-0.25, -0.2) is 0 Å². The Kier molecular flexibility index (Phi) is 6.93. The maximum Gasteiger partial charge on any atom is 0.224 e. The first-order valence-electron chi connectivity index (χ1n) is 4.09. The number of nitro groups is 1. The monoisotopic (exact) mass is 361 g/mol. The van der Waals surface area contributed by atoms with Crippen LogP contribution in [-0.4, -0.2) is 19.7 Å². The highest BCUT2D eigenvalue weighted by Gasteiger charge is 2.28. The molecule has 13 heavy (non-hydrogen) atoms. The lowest BCUT2D eigenvalue weighted by atomic mass is 10.2. The summed E-state index contributed by atoms with van der Waals surface area (Å²) >= 11 is 5.54. The summed E-state index contributed by atoms with van der Waals surface area (Å²) in [4.78, 5) is 10.1. The highest BCUT2D eigenvalue weighted by Crippen LogP contribution is 2.21. The number of rotatable bonds is 5. The van der Waals surface area contributed by atoms with Crippen molar-refractivity contribution >= 4 is 38.5 Å². The molecule has 3 atom stereocenters. The lowest BCUT2D eigenvalue weighted by Crippen LogP contribution is -2.31. The van der Waals surface area contributed by atoms with Gasteiger partial charge in [0.05, 0.1) is 4.83 Å². The van der Waals surface area contributed by atoms with Crippen LogP contribution in [0.4, 0.5) is 0 Å². The van der Waals surface area contributed by atoms with Gasteiger partial charge in [-0.2, -0.15) is 0 Å². The topological polar surface area (TPSA) is 43.1 Å². The fraction of sp³-hybridized carbons (Fsp3) is 0.750. The van der Waals surface area contributed by atoms with Gasteiger partial charge >= 0.3 is 0 Å². The second kappa shape index (κ2) is 6.75. The molecule has 0 saturated carbocycles. The highest BCUT2D eigenvalue weighted by molar-refractivity contribution is 14.1. The molecular weight excluding hydrogens is 349 g/mol. The first-order valence-corrected chi connectivity index (χ1v) is 6.25. The second-order valence-electron chi connectivity index (χ2n) is 2.75. The van der Waals surface area contributed by atoms with E-state index < -0.39 is 6.04 Å². The molecule has 0 spiro atoms. The number of hydrogen-bond acceptors (Lipinski definition) is 2. The van der Waals surface area contributed by atoms with Crippen molar-refractivity contribution < 1.29 is 4.92 Å². The molecule has 0 radical (unpaired) electrons. The Hall–Kier alpha value is 0.350. The summed E-state index contributed by atoms with van der Waals surface area (Å²) in [5.74, 6) is 0. The van der Waals surface area contributed by atoms with Crippen LogP contribution < -0.4 is 0 Å². The van der Waals surface area contributed by atoms with E-state index in [9.17, 15) is 10.1 Å². The average molecular weight is 362 g/mol.